The Hall–Kier alpha value is -1.32. The average Bonchev–Trinajstić information content (AvgIpc) is 2.38. The Kier molecular flexibility index (Phi) is 5.89. The average molecular weight is 250 g/mol. The normalized spacial score (nSPS) is 12.4. The van der Waals surface area contributed by atoms with Crippen LogP contribution < -0.4 is 10.6 Å². The van der Waals surface area contributed by atoms with Crippen molar-refractivity contribution in [3.8, 4) is 0 Å². The lowest BCUT2D eigenvalue weighted by molar-refractivity contribution is 0.588. The van der Waals surface area contributed by atoms with Gasteiger partial charge in [-0.1, -0.05) is 27.2 Å². The molecule has 18 heavy (non-hydrogen) atoms. The van der Waals surface area contributed by atoms with Crippen LogP contribution >= 0.6 is 0 Å². The van der Waals surface area contributed by atoms with Crippen LogP contribution in [-0.2, 0) is 6.42 Å². The van der Waals surface area contributed by atoms with Crippen LogP contribution in [0.25, 0.3) is 0 Å². The summed E-state index contributed by atoms with van der Waals surface area (Å²) in [5.41, 5.74) is 5.87. The SMILES string of the molecule is CCCCN(c1cc(N)nc(CC)n1)C(C)CC. The molecule has 0 aliphatic rings. The van der Waals surface area contributed by atoms with Gasteiger partial charge in [0.1, 0.15) is 17.5 Å². The third kappa shape index (κ3) is 3.86. The molecule has 2 N–H and O–H groups in total. The van der Waals surface area contributed by atoms with Gasteiger partial charge < -0.3 is 10.6 Å². The number of nitrogen functional groups attached to an aromatic ring is 1. The lowest BCUT2D eigenvalue weighted by Gasteiger charge is -2.30. The summed E-state index contributed by atoms with van der Waals surface area (Å²) in [5.74, 6) is 2.37. The number of nitrogens with two attached hydrogens (primary N) is 1. The van der Waals surface area contributed by atoms with Gasteiger partial charge in [0.05, 0.1) is 0 Å². The molecule has 0 saturated carbocycles. The highest BCUT2D eigenvalue weighted by Crippen LogP contribution is 2.19. The molecule has 0 aromatic carbocycles. The van der Waals surface area contributed by atoms with E-state index < -0.39 is 0 Å². The molecule has 0 aliphatic carbocycles. The Morgan fingerprint density at radius 2 is 2.00 bits per heavy atom. The van der Waals surface area contributed by atoms with Crippen molar-refractivity contribution < 1.29 is 0 Å². The molecule has 0 fully saturated rings. The first-order chi connectivity index (χ1) is 8.62. The second kappa shape index (κ2) is 7.19. The van der Waals surface area contributed by atoms with Crippen LogP contribution in [0.1, 0.15) is 52.8 Å². The molecule has 1 unspecified atom stereocenters. The van der Waals surface area contributed by atoms with E-state index in [-0.39, 0.29) is 0 Å². The highest BCUT2D eigenvalue weighted by molar-refractivity contribution is 5.47. The van der Waals surface area contributed by atoms with Crippen LogP contribution in [0.3, 0.4) is 0 Å². The van der Waals surface area contributed by atoms with Gasteiger partial charge in [0.15, 0.2) is 0 Å². The van der Waals surface area contributed by atoms with Crippen LogP contribution in [0.2, 0.25) is 0 Å². The van der Waals surface area contributed by atoms with Gasteiger partial charge in [-0.3, -0.25) is 0 Å². The number of rotatable bonds is 7. The van der Waals surface area contributed by atoms with Crippen molar-refractivity contribution in [3.05, 3.63) is 11.9 Å². The molecule has 1 rings (SSSR count). The molecular formula is C14H26N4. The highest BCUT2D eigenvalue weighted by Gasteiger charge is 2.15. The maximum atomic E-state index is 5.87. The van der Waals surface area contributed by atoms with E-state index in [4.69, 9.17) is 5.73 Å². The molecule has 0 bridgehead atoms. The van der Waals surface area contributed by atoms with Crippen molar-refractivity contribution in [1.82, 2.24) is 9.97 Å². The van der Waals surface area contributed by atoms with E-state index in [1.165, 1.54) is 12.8 Å². The van der Waals surface area contributed by atoms with Crippen molar-refractivity contribution in [1.29, 1.82) is 0 Å². The molecule has 4 nitrogen and oxygen atoms in total. The van der Waals surface area contributed by atoms with E-state index in [2.05, 4.69) is 42.6 Å². The Labute approximate surface area is 111 Å². The zero-order valence-corrected chi connectivity index (χ0v) is 12.1. The van der Waals surface area contributed by atoms with E-state index in [0.717, 1.165) is 31.0 Å². The standard InChI is InChI=1S/C14H26N4/c1-5-8-9-18(11(4)6-2)14-10-12(15)16-13(7-3)17-14/h10-11H,5-9H2,1-4H3,(H2,15,16,17). The fourth-order valence-corrected chi connectivity index (χ4v) is 1.92. The minimum atomic E-state index is 0.482. The monoisotopic (exact) mass is 250 g/mol. The van der Waals surface area contributed by atoms with E-state index in [9.17, 15) is 0 Å². The number of aromatic nitrogens is 2. The van der Waals surface area contributed by atoms with E-state index in [1.54, 1.807) is 0 Å². The Balaban J connectivity index is 2.99. The fraction of sp³-hybridized carbons (Fsp3) is 0.714. The summed E-state index contributed by atoms with van der Waals surface area (Å²) in [4.78, 5) is 11.2. The molecule has 4 heteroatoms. The van der Waals surface area contributed by atoms with Crippen LogP contribution in [0, 0.1) is 0 Å². The largest absolute Gasteiger partial charge is 0.384 e. The van der Waals surface area contributed by atoms with Crippen LogP contribution in [0.5, 0.6) is 0 Å². The molecule has 0 amide bonds. The Bertz CT molecular complexity index is 365. The molecule has 1 aromatic heterocycles. The number of hydrogen-bond donors (Lipinski definition) is 1. The second-order valence-electron chi connectivity index (χ2n) is 4.73. The smallest absolute Gasteiger partial charge is 0.134 e. The van der Waals surface area contributed by atoms with Crippen LogP contribution in [0.15, 0.2) is 6.07 Å². The summed E-state index contributed by atoms with van der Waals surface area (Å²) in [6.45, 7) is 9.73. The number of anilines is 2. The molecule has 0 spiro atoms. The highest BCUT2D eigenvalue weighted by atomic mass is 15.2. The summed E-state index contributed by atoms with van der Waals surface area (Å²) in [7, 11) is 0. The fourth-order valence-electron chi connectivity index (χ4n) is 1.92. The van der Waals surface area contributed by atoms with E-state index >= 15 is 0 Å². The summed E-state index contributed by atoms with van der Waals surface area (Å²) >= 11 is 0. The number of aryl methyl sites for hydroxylation is 1. The van der Waals surface area contributed by atoms with Gasteiger partial charge in [-0.2, -0.15) is 0 Å². The van der Waals surface area contributed by atoms with Crippen molar-refractivity contribution >= 4 is 11.6 Å². The zero-order valence-electron chi connectivity index (χ0n) is 12.1. The Morgan fingerprint density at radius 1 is 1.28 bits per heavy atom. The lowest BCUT2D eigenvalue weighted by Crippen LogP contribution is -2.34. The Morgan fingerprint density at radius 3 is 2.56 bits per heavy atom. The van der Waals surface area contributed by atoms with Crippen molar-refractivity contribution in [2.24, 2.45) is 0 Å². The van der Waals surface area contributed by atoms with Crippen LogP contribution in [-0.4, -0.2) is 22.6 Å². The van der Waals surface area contributed by atoms with Gasteiger partial charge in [0.25, 0.3) is 0 Å². The summed E-state index contributed by atoms with van der Waals surface area (Å²) < 4.78 is 0. The molecule has 1 aromatic rings. The summed E-state index contributed by atoms with van der Waals surface area (Å²) in [6, 6.07) is 2.37. The quantitative estimate of drug-likeness (QED) is 0.808. The number of unbranched alkanes of at least 4 members (excludes halogenated alkanes) is 1. The molecule has 1 atom stereocenters. The summed E-state index contributed by atoms with van der Waals surface area (Å²) in [5, 5.41) is 0. The molecule has 0 radical (unpaired) electrons. The predicted octanol–water partition coefficient (Wildman–Crippen LogP) is 3.03. The molecule has 1 heterocycles. The molecule has 0 aliphatic heterocycles. The first kappa shape index (κ1) is 14.7. The summed E-state index contributed by atoms with van der Waals surface area (Å²) in [6.07, 6.45) is 4.29. The van der Waals surface area contributed by atoms with Crippen molar-refractivity contribution in [2.45, 2.75) is 59.4 Å². The van der Waals surface area contributed by atoms with Gasteiger partial charge in [-0.15, -0.1) is 0 Å². The second-order valence-corrected chi connectivity index (χ2v) is 4.73. The number of hydrogen-bond acceptors (Lipinski definition) is 4. The maximum Gasteiger partial charge on any atom is 0.134 e. The first-order valence-corrected chi connectivity index (χ1v) is 7.02. The molecule has 102 valence electrons. The minimum Gasteiger partial charge on any atom is -0.384 e. The van der Waals surface area contributed by atoms with Gasteiger partial charge in [-0.25, -0.2) is 9.97 Å². The van der Waals surface area contributed by atoms with Crippen molar-refractivity contribution in [2.75, 3.05) is 17.2 Å². The van der Waals surface area contributed by atoms with Crippen molar-refractivity contribution in [3.63, 3.8) is 0 Å². The molecule has 0 saturated heterocycles. The minimum absolute atomic E-state index is 0.482. The first-order valence-electron chi connectivity index (χ1n) is 7.02. The van der Waals surface area contributed by atoms with Gasteiger partial charge in [0.2, 0.25) is 0 Å². The van der Waals surface area contributed by atoms with Gasteiger partial charge >= 0.3 is 0 Å². The lowest BCUT2D eigenvalue weighted by atomic mass is 10.2. The predicted molar refractivity (Wildman–Crippen MR) is 77.8 cm³/mol. The van der Waals surface area contributed by atoms with Crippen LogP contribution in [0.4, 0.5) is 11.6 Å². The van der Waals surface area contributed by atoms with E-state index in [1.807, 2.05) is 6.07 Å². The maximum absolute atomic E-state index is 5.87. The number of nitrogens with zero attached hydrogens (tertiary/aromatic N) is 3. The zero-order chi connectivity index (χ0) is 13.5. The topological polar surface area (TPSA) is 55.0 Å². The van der Waals surface area contributed by atoms with Gasteiger partial charge in [0, 0.05) is 25.1 Å². The van der Waals surface area contributed by atoms with Gasteiger partial charge in [-0.05, 0) is 19.8 Å². The molecular weight excluding hydrogens is 224 g/mol. The van der Waals surface area contributed by atoms with E-state index in [0.29, 0.717) is 11.9 Å². The third-order valence-electron chi connectivity index (χ3n) is 3.26. The third-order valence-corrected chi connectivity index (χ3v) is 3.26.